The number of hydrogen-bond donors (Lipinski definition) is 2. The third kappa shape index (κ3) is 6.16. The van der Waals surface area contributed by atoms with E-state index in [1.807, 2.05) is 30.3 Å². The Hall–Kier alpha value is -2.04. The number of hydrogen-bond acceptors (Lipinski definition) is 3. The number of carboxylic acids is 1. The van der Waals surface area contributed by atoms with Gasteiger partial charge in [-0.25, -0.2) is 9.59 Å². The summed E-state index contributed by atoms with van der Waals surface area (Å²) < 4.78 is 5.13. The standard InChI is InChI=1S/C17H25NO4/c1-16(2,3)22-15(21)18-17(4,14(19)20)12-8-11-13-9-6-5-7-10-13/h5-7,9-10H,8,11-12H2,1-4H3,(H,18,21)(H,19,20)/t17-/m1/s1. The summed E-state index contributed by atoms with van der Waals surface area (Å²) in [6, 6.07) is 9.84. The number of aryl methyl sites for hydroxylation is 1. The van der Waals surface area contributed by atoms with E-state index in [0.717, 1.165) is 12.0 Å². The van der Waals surface area contributed by atoms with E-state index >= 15 is 0 Å². The summed E-state index contributed by atoms with van der Waals surface area (Å²) in [5.74, 6) is -1.06. The summed E-state index contributed by atoms with van der Waals surface area (Å²) in [5, 5.41) is 11.9. The molecule has 1 rings (SSSR count). The van der Waals surface area contributed by atoms with Crippen molar-refractivity contribution >= 4 is 12.1 Å². The predicted octanol–water partition coefficient (Wildman–Crippen LogP) is 3.38. The van der Waals surface area contributed by atoms with Crippen LogP contribution in [0.4, 0.5) is 4.79 Å². The molecule has 5 heteroatoms. The molecule has 0 aliphatic carbocycles. The number of benzene rings is 1. The molecule has 1 aromatic carbocycles. The highest BCUT2D eigenvalue weighted by Gasteiger charge is 2.35. The fourth-order valence-electron chi connectivity index (χ4n) is 2.04. The molecular formula is C17H25NO4. The van der Waals surface area contributed by atoms with Crippen molar-refractivity contribution in [1.29, 1.82) is 0 Å². The van der Waals surface area contributed by atoms with Crippen LogP contribution in [0, 0.1) is 0 Å². The maximum Gasteiger partial charge on any atom is 0.408 e. The smallest absolute Gasteiger partial charge is 0.408 e. The fourth-order valence-corrected chi connectivity index (χ4v) is 2.04. The van der Waals surface area contributed by atoms with Crippen LogP contribution in [0.2, 0.25) is 0 Å². The summed E-state index contributed by atoms with van der Waals surface area (Å²) in [4.78, 5) is 23.3. The first-order chi connectivity index (χ1) is 10.1. The quantitative estimate of drug-likeness (QED) is 0.845. The first-order valence-corrected chi connectivity index (χ1v) is 7.41. The number of nitrogens with one attached hydrogen (secondary N) is 1. The van der Waals surface area contributed by atoms with Crippen LogP contribution in [-0.2, 0) is 16.0 Å². The minimum atomic E-state index is -1.34. The topological polar surface area (TPSA) is 75.6 Å². The maximum atomic E-state index is 11.8. The lowest BCUT2D eigenvalue weighted by atomic mass is 9.93. The second-order valence-corrected chi connectivity index (χ2v) is 6.60. The molecule has 22 heavy (non-hydrogen) atoms. The van der Waals surface area contributed by atoms with Gasteiger partial charge in [0.25, 0.3) is 0 Å². The number of alkyl carbamates (subject to hydrolysis) is 1. The molecule has 0 radical (unpaired) electrons. The molecule has 0 saturated carbocycles. The summed E-state index contributed by atoms with van der Waals surface area (Å²) in [7, 11) is 0. The van der Waals surface area contributed by atoms with Crippen molar-refractivity contribution in [2.24, 2.45) is 0 Å². The average Bonchev–Trinajstić information content (AvgIpc) is 2.37. The Kier molecular flexibility index (Phi) is 5.97. The van der Waals surface area contributed by atoms with Gasteiger partial charge in [-0.2, -0.15) is 0 Å². The van der Waals surface area contributed by atoms with E-state index in [2.05, 4.69) is 5.32 Å². The summed E-state index contributed by atoms with van der Waals surface area (Å²) in [6.45, 7) is 6.71. The lowest BCUT2D eigenvalue weighted by Gasteiger charge is -2.28. The molecule has 0 fully saturated rings. The van der Waals surface area contributed by atoms with Crippen LogP contribution in [0.15, 0.2) is 30.3 Å². The van der Waals surface area contributed by atoms with Gasteiger partial charge in [0, 0.05) is 0 Å². The van der Waals surface area contributed by atoms with Crippen LogP contribution in [0.3, 0.4) is 0 Å². The predicted molar refractivity (Wildman–Crippen MR) is 84.8 cm³/mol. The Balaban J connectivity index is 2.59. The minimum Gasteiger partial charge on any atom is -0.480 e. The van der Waals surface area contributed by atoms with E-state index in [9.17, 15) is 14.7 Å². The number of carboxylic acid groups (broad SMARTS) is 1. The number of carbonyl (C=O) groups excluding carboxylic acids is 1. The van der Waals surface area contributed by atoms with Crippen LogP contribution in [0.5, 0.6) is 0 Å². The monoisotopic (exact) mass is 307 g/mol. The molecule has 1 atom stereocenters. The number of rotatable bonds is 6. The van der Waals surface area contributed by atoms with Gasteiger partial charge in [0.1, 0.15) is 11.1 Å². The molecular weight excluding hydrogens is 282 g/mol. The minimum absolute atomic E-state index is 0.330. The van der Waals surface area contributed by atoms with Crippen molar-refractivity contribution < 1.29 is 19.4 Å². The zero-order valence-electron chi connectivity index (χ0n) is 13.7. The summed E-state index contributed by atoms with van der Waals surface area (Å²) >= 11 is 0. The van der Waals surface area contributed by atoms with Crippen molar-refractivity contribution in [2.75, 3.05) is 0 Å². The Morgan fingerprint density at radius 1 is 1.14 bits per heavy atom. The van der Waals surface area contributed by atoms with E-state index in [1.54, 1.807) is 20.8 Å². The molecule has 0 spiro atoms. The molecule has 1 aromatic rings. The highest BCUT2D eigenvalue weighted by atomic mass is 16.6. The SMILES string of the molecule is CC(C)(C)OC(=O)N[C@](C)(CCCc1ccccc1)C(=O)O. The molecule has 0 aliphatic rings. The first-order valence-electron chi connectivity index (χ1n) is 7.41. The van der Waals surface area contributed by atoms with Crippen molar-refractivity contribution in [3.05, 3.63) is 35.9 Å². The average molecular weight is 307 g/mol. The molecule has 0 aromatic heterocycles. The van der Waals surface area contributed by atoms with Gasteiger partial charge in [-0.05, 0) is 52.5 Å². The van der Waals surface area contributed by atoms with Gasteiger partial charge in [0.2, 0.25) is 0 Å². The molecule has 122 valence electrons. The number of carbonyl (C=O) groups is 2. The zero-order chi connectivity index (χ0) is 16.8. The van der Waals surface area contributed by atoms with E-state index in [1.165, 1.54) is 6.92 Å². The van der Waals surface area contributed by atoms with Gasteiger partial charge in [-0.15, -0.1) is 0 Å². The molecule has 0 saturated heterocycles. The molecule has 1 amide bonds. The lowest BCUT2D eigenvalue weighted by Crippen LogP contribution is -2.53. The zero-order valence-corrected chi connectivity index (χ0v) is 13.7. The summed E-state index contributed by atoms with van der Waals surface area (Å²) in [6.07, 6.45) is 1.04. The molecule has 5 nitrogen and oxygen atoms in total. The molecule has 2 N–H and O–H groups in total. The normalized spacial score (nSPS) is 14.0. The molecule has 0 bridgehead atoms. The molecule has 0 unspecified atom stereocenters. The van der Waals surface area contributed by atoms with Gasteiger partial charge in [0.15, 0.2) is 0 Å². The van der Waals surface area contributed by atoms with Gasteiger partial charge in [-0.1, -0.05) is 30.3 Å². The van der Waals surface area contributed by atoms with Gasteiger partial charge < -0.3 is 15.2 Å². The molecule has 0 heterocycles. The van der Waals surface area contributed by atoms with Gasteiger partial charge in [-0.3, -0.25) is 0 Å². The fraction of sp³-hybridized carbons (Fsp3) is 0.529. The lowest BCUT2D eigenvalue weighted by molar-refractivity contribution is -0.144. The number of aliphatic carboxylic acids is 1. The van der Waals surface area contributed by atoms with E-state index in [-0.39, 0.29) is 0 Å². The van der Waals surface area contributed by atoms with E-state index in [4.69, 9.17) is 4.74 Å². The van der Waals surface area contributed by atoms with Crippen LogP contribution < -0.4 is 5.32 Å². The Morgan fingerprint density at radius 3 is 2.23 bits per heavy atom. The van der Waals surface area contributed by atoms with Crippen molar-refractivity contribution in [1.82, 2.24) is 5.32 Å². The van der Waals surface area contributed by atoms with Crippen LogP contribution in [-0.4, -0.2) is 28.3 Å². The van der Waals surface area contributed by atoms with Crippen molar-refractivity contribution in [2.45, 2.75) is 58.1 Å². The largest absolute Gasteiger partial charge is 0.480 e. The van der Waals surface area contributed by atoms with Crippen LogP contribution in [0.1, 0.15) is 46.1 Å². The second kappa shape index (κ2) is 7.29. The Morgan fingerprint density at radius 2 is 1.73 bits per heavy atom. The highest BCUT2D eigenvalue weighted by molar-refractivity contribution is 5.83. The first kappa shape index (κ1) is 18.0. The van der Waals surface area contributed by atoms with Gasteiger partial charge >= 0.3 is 12.1 Å². The van der Waals surface area contributed by atoms with Gasteiger partial charge in [0.05, 0.1) is 0 Å². The van der Waals surface area contributed by atoms with Crippen LogP contribution in [0.25, 0.3) is 0 Å². The third-order valence-corrected chi connectivity index (χ3v) is 3.23. The third-order valence-electron chi connectivity index (χ3n) is 3.23. The molecule has 0 aliphatic heterocycles. The second-order valence-electron chi connectivity index (χ2n) is 6.60. The van der Waals surface area contributed by atoms with Crippen molar-refractivity contribution in [3.63, 3.8) is 0 Å². The van der Waals surface area contributed by atoms with E-state index in [0.29, 0.717) is 12.8 Å². The van der Waals surface area contributed by atoms with E-state index < -0.39 is 23.2 Å². The number of amides is 1. The Labute approximate surface area is 131 Å². The Bertz CT molecular complexity index is 507. The van der Waals surface area contributed by atoms with Crippen molar-refractivity contribution in [3.8, 4) is 0 Å². The maximum absolute atomic E-state index is 11.8. The van der Waals surface area contributed by atoms with Crippen LogP contribution >= 0.6 is 0 Å². The highest BCUT2D eigenvalue weighted by Crippen LogP contribution is 2.17. The summed E-state index contributed by atoms with van der Waals surface area (Å²) in [5.41, 5.74) is -0.850. The number of ether oxygens (including phenoxy) is 1.